The summed E-state index contributed by atoms with van der Waals surface area (Å²) in [5.74, 6) is 0.969. The Hall–Kier alpha value is -0.550. The molecule has 0 unspecified atom stereocenters. The molecule has 0 aromatic rings. The van der Waals surface area contributed by atoms with Crippen LogP contribution in [0.3, 0.4) is 0 Å². The van der Waals surface area contributed by atoms with Gasteiger partial charge in [-0.1, -0.05) is 32.1 Å². The first-order valence-electron chi connectivity index (χ1n) is 6.47. The third kappa shape index (κ3) is 2.72. The van der Waals surface area contributed by atoms with E-state index in [9.17, 15) is 0 Å². The Morgan fingerprint density at radius 2 is 1.93 bits per heavy atom. The Morgan fingerprint density at radius 1 is 1.20 bits per heavy atom. The Morgan fingerprint density at radius 3 is 2.47 bits per heavy atom. The van der Waals surface area contributed by atoms with Gasteiger partial charge in [-0.15, -0.1) is 0 Å². The SMILES string of the molecule is N#CC1(CNCCC2CCCC2)CCC1. The smallest absolute Gasteiger partial charge is 0.0703 e. The van der Waals surface area contributed by atoms with E-state index in [0.717, 1.165) is 31.8 Å². The van der Waals surface area contributed by atoms with Crippen LogP contribution in [0.25, 0.3) is 0 Å². The molecule has 0 amide bonds. The van der Waals surface area contributed by atoms with Gasteiger partial charge in [0.05, 0.1) is 11.5 Å². The molecule has 0 spiro atoms. The molecule has 0 bridgehead atoms. The van der Waals surface area contributed by atoms with Crippen LogP contribution in [0.4, 0.5) is 0 Å². The zero-order valence-electron chi connectivity index (χ0n) is 9.60. The normalized spacial score (nSPS) is 24.7. The lowest BCUT2D eigenvalue weighted by Crippen LogP contribution is -2.39. The minimum atomic E-state index is 0.00960. The van der Waals surface area contributed by atoms with Crippen LogP contribution < -0.4 is 5.32 Å². The van der Waals surface area contributed by atoms with Gasteiger partial charge >= 0.3 is 0 Å². The van der Waals surface area contributed by atoms with Crippen molar-refractivity contribution in [3.63, 3.8) is 0 Å². The summed E-state index contributed by atoms with van der Waals surface area (Å²) in [6.07, 6.45) is 10.5. The number of nitrogens with zero attached hydrogens (tertiary/aromatic N) is 1. The van der Waals surface area contributed by atoms with Crippen molar-refractivity contribution in [3.8, 4) is 6.07 Å². The monoisotopic (exact) mass is 206 g/mol. The molecule has 0 atom stereocenters. The zero-order chi connectivity index (χ0) is 10.6. The van der Waals surface area contributed by atoms with E-state index < -0.39 is 0 Å². The van der Waals surface area contributed by atoms with Crippen LogP contribution in [0.5, 0.6) is 0 Å². The highest BCUT2D eigenvalue weighted by Gasteiger charge is 2.36. The number of nitriles is 1. The van der Waals surface area contributed by atoms with Crippen LogP contribution in [0.2, 0.25) is 0 Å². The highest BCUT2D eigenvalue weighted by atomic mass is 14.9. The minimum absolute atomic E-state index is 0.00960. The van der Waals surface area contributed by atoms with Crippen LogP contribution in [-0.2, 0) is 0 Å². The molecule has 84 valence electrons. The molecule has 2 nitrogen and oxygen atoms in total. The minimum Gasteiger partial charge on any atom is -0.315 e. The van der Waals surface area contributed by atoms with Crippen LogP contribution >= 0.6 is 0 Å². The molecular formula is C13H22N2. The number of hydrogen-bond acceptors (Lipinski definition) is 2. The second-order valence-electron chi connectivity index (χ2n) is 5.36. The quantitative estimate of drug-likeness (QED) is 0.702. The molecule has 2 saturated carbocycles. The standard InChI is InChI=1S/C13H22N2/c14-10-13(7-3-8-13)11-15-9-6-12-4-1-2-5-12/h12,15H,1-9,11H2. The van der Waals surface area contributed by atoms with Crippen LogP contribution in [-0.4, -0.2) is 13.1 Å². The third-order valence-electron chi connectivity index (χ3n) is 4.22. The topological polar surface area (TPSA) is 35.8 Å². The summed E-state index contributed by atoms with van der Waals surface area (Å²) >= 11 is 0. The van der Waals surface area contributed by atoms with Gasteiger partial charge in [-0.25, -0.2) is 0 Å². The average Bonchev–Trinajstić information content (AvgIpc) is 2.68. The van der Waals surface area contributed by atoms with Gasteiger partial charge in [0, 0.05) is 6.54 Å². The molecule has 2 fully saturated rings. The van der Waals surface area contributed by atoms with Crippen molar-refractivity contribution < 1.29 is 0 Å². The second-order valence-corrected chi connectivity index (χ2v) is 5.36. The lowest BCUT2D eigenvalue weighted by atomic mass is 9.70. The van der Waals surface area contributed by atoms with Gasteiger partial charge in [-0.2, -0.15) is 5.26 Å². The van der Waals surface area contributed by atoms with Crippen molar-refractivity contribution in [1.82, 2.24) is 5.32 Å². The number of hydrogen-bond donors (Lipinski definition) is 1. The molecule has 2 rings (SSSR count). The van der Waals surface area contributed by atoms with Crippen molar-refractivity contribution in [2.45, 2.75) is 51.4 Å². The molecule has 0 aromatic heterocycles. The van der Waals surface area contributed by atoms with Gasteiger partial charge in [0.1, 0.15) is 0 Å². The van der Waals surface area contributed by atoms with Crippen LogP contribution in [0, 0.1) is 22.7 Å². The average molecular weight is 206 g/mol. The van der Waals surface area contributed by atoms with Crippen LogP contribution in [0.1, 0.15) is 51.4 Å². The van der Waals surface area contributed by atoms with E-state index in [0.29, 0.717) is 0 Å². The molecule has 0 saturated heterocycles. The Balaban J connectivity index is 1.56. The van der Waals surface area contributed by atoms with Crippen molar-refractivity contribution in [3.05, 3.63) is 0 Å². The van der Waals surface area contributed by atoms with E-state index in [1.165, 1.54) is 38.5 Å². The Labute approximate surface area is 93.0 Å². The van der Waals surface area contributed by atoms with Gasteiger partial charge in [0.2, 0.25) is 0 Å². The first-order valence-corrected chi connectivity index (χ1v) is 6.47. The molecule has 0 heterocycles. The van der Waals surface area contributed by atoms with E-state index in [4.69, 9.17) is 5.26 Å². The van der Waals surface area contributed by atoms with Gasteiger partial charge in [0.25, 0.3) is 0 Å². The molecule has 0 radical (unpaired) electrons. The predicted octanol–water partition coefficient (Wildman–Crippen LogP) is 2.85. The maximum absolute atomic E-state index is 9.06. The van der Waals surface area contributed by atoms with Crippen molar-refractivity contribution >= 4 is 0 Å². The Kier molecular flexibility index (Phi) is 3.64. The highest BCUT2D eigenvalue weighted by Crippen LogP contribution is 2.39. The van der Waals surface area contributed by atoms with Gasteiger partial charge in [0.15, 0.2) is 0 Å². The van der Waals surface area contributed by atoms with E-state index in [-0.39, 0.29) is 5.41 Å². The molecule has 1 N–H and O–H groups in total. The molecule has 0 aliphatic heterocycles. The Bertz CT molecular complexity index is 231. The van der Waals surface area contributed by atoms with Crippen molar-refractivity contribution in [2.24, 2.45) is 11.3 Å². The zero-order valence-corrected chi connectivity index (χ0v) is 9.60. The first-order chi connectivity index (χ1) is 7.35. The van der Waals surface area contributed by atoms with E-state index in [1.54, 1.807) is 0 Å². The first kappa shape index (κ1) is 11.0. The van der Waals surface area contributed by atoms with E-state index in [2.05, 4.69) is 11.4 Å². The molecule has 0 aromatic carbocycles. The number of rotatable bonds is 5. The summed E-state index contributed by atoms with van der Waals surface area (Å²) in [6.45, 7) is 2.05. The fraction of sp³-hybridized carbons (Fsp3) is 0.923. The van der Waals surface area contributed by atoms with E-state index >= 15 is 0 Å². The summed E-state index contributed by atoms with van der Waals surface area (Å²) in [6, 6.07) is 2.48. The summed E-state index contributed by atoms with van der Waals surface area (Å²) in [7, 11) is 0. The maximum Gasteiger partial charge on any atom is 0.0703 e. The van der Waals surface area contributed by atoms with Gasteiger partial charge in [-0.3, -0.25) is 0 Å². The van der Waals surface area contributed by atoms with E-state index in [1.807, 2.05) is 0 Å². The summed E-state index contributed by atoms with van der Waals surface area (Å²) in [5.41, 5.74) is 0.00960. The lowest BCUT2D eigenvalue weighted by molar-refractivity contribution is 0.206. The van der Waals surface area contributed by atoms with Crippen molar-refractivity contribution in [2.75, 3.05) is 13.1 Å². The summed E-state index contributed by atoms with van der Waals surface area (Å²) in [5, 5.41) is 12.5. The number of nitrogens with one attached hydrogen (secondary N) is 1. The molecule has 15 heavy (non-hydrogen) atoms. The fourth-order valence-electron chi connectivity index (χ4n) is 2.86. The van der Waals surface area contributed by atoms with Gasteiger partial charge in [-0.05, 0) is 31.7 Å². The van der Waals surface area contributed by atoms with Crippen molar-refractivity contribution in [1.29, 1.82) is 5.26 Å². The predicted molar refractivity (Wildman–Crippen MR) is 61.3 cm³/mol. The maximum atomic E-state index is 9.06. The second kappa shape index (κ2) is 4.99. The largest absolute Gasteiger partial charge is 0.315 e. The molecule has 2 aliphatic carbocycles. The van der Waals surface area contributed by atoms with Crippen LogP contribution in [0.15, 0.2) is 0 Å². The lowest BCUT2D eigenvalue weighted by Gasteiger charge is -2.35. The fourth-order valence-corrected chi connectivity index (χ4v) is 2.86. The summed E-state index contributed by atoms with van der Waals surface area (Å²) < 4.78 is 0. The highest BCUT2D eigenvalue weighted by molar-refractivity contribution is 5.05. The van der Waals surface area contributed by atoms with Gasteiger partial charge < -0.3 is 5.32 Å². The third-order valence-corrected chi connectivity index (χ3v) is 4.22. The molecule has 2 heteroatoms. The molecular weight excluding hydrogens is 184 g/mol. The molecule has 2 aliphatic rings. The summed E-state index contributed by atoms with van der Waals surface area (Å²) in [4.78, 5) is 0.